The lowest BCUT2D eigenvalue weighted by atomic mass is 11.0. The number of hydrogen-bond acceptors (Lipinski definition) is 4. The Morgan fingerprint density at radius 2 is 1.56 bits per heavy atom. The molecule has 0 saturated heterocycles. The summed E-state index contributed by atoms with van der Waals surface area (Å²) in [5, 5.41) is 0. The second-order valence-electron chi connectivity index (χ2n) is 0.824. The highest BCUT2D eigenvalue weighted by atomic mass is 31.1. The SMILES string of the molecule is CC=O.CO[P+](=O)OC. The van der Waals surface area contributed by atoms with Gasteiger partial charge in [-0.25, -0.2) is 0 Å². The maximum Gasteiger partial charge on any atom is 0.696 e. The van der Waals surface area contributed by atoms with Crippen LogP contribution in [0.15, 0.2) is 0 Å². The molecule has 0 aromatic carbocycles. The fraction of sp³-hybridized carbons (Fsp3) is 0.750. The van der Waals surface area contributed by atoms with Crippen molar-refractivity contribution in [1.82, 2.24) is 0 Å². The van der Waals surface area contributed by atoms with E-state index in [2.05, 4.69) is 9.05 Å². The Morgan fingerprint density at radius 1 is 1.33 bits per heavy atom. The first-order chi connectivity index (χ1) is 4.22. The van der Waals surface area contributed by atoms with Gasteiger partial charge in [-0.3, -0.25) is 0 Å². The molecular formula is C4H10O4P+. The molecule has 0 aliphatic carbocycles. The van der Waals surface area contributed by atoms with Crippen molar-refractivity contribution in [2.45, 2.75) is 6.92 Å². The zero-order chi connectivity index (χ0) is 7.70. The third-order valence-electron chi connectivity index (χ3n) is 0.298. The highest BCUT2D eigenvalue weighted by Gasteiger charge is 2.10. The third-order valence-corrected chi connectivity index (χ3v) is 0.894. The van der Waals surface area contributed by atoms with Crippen LogP contribution >= 0.6 is 8.25 Å². The summed E-state index contributed by atoms with van der Waals surface area (Å²) in [6, 6.07) is 0. The van der Waals surface area contributed by atoms with E-state index in [0.29, 0.717) is 0 Å². The topological polar surface area (TPSA) is 52.6 Å². The van der Waals surface area contributed by atoms with E-state index in [1.54, 1.807) is 0 Å². The van der Waals surface area contributed by atoms with Crippen LogP contribution in [0.1, 0.15) is 6.92 Å². The minimum absolute atomic E-state index is 0.750. The van der Waals surface area contributed by atoms with E-state index < -0.39 is 8.25 Å². The Balaban J connectivity index is 0. The van der Waals surface area contributed by atoms with Gasteiger partial charge >= 0.3 is 8.25 Å². The van der Waals surface area contributed by atoms with Gasteiger partial charge < -0.3 is 4.79 Å². The molecule has 0 aliphatic rings. The maximum absolute atomic E-state index is 9.88. The molecule has 4 nitrogen and oxygen atoms in total. The average molecular weight is 153 g/mol. The van der Waals surface area contributed by atoms with Crippen molar-refractivity contribution in [3.8, 4) is 0 Å². The predicted octanol–water partition coefficient (Wildman–Crippen LogP) is 1.14. The summed E-state index contributed by atoms with van der Waals surface area (Å²) in [5.74, 6) is 0. The van der Waals surface area contributed by atoms with Gasteiger partial charge in [-0.2, -0.15) is 0 Å². The molecule has 0 saturated carbocycles. The Morgan fingerprint density at radius 3 is 1.56 bits per heavy atom. The minimum Gasteiger partial charge on any atom is -0.304 e. The molecule has 0 fully saturated rings. The van der Waals surface area contributed by atoms with Crippen molar-refractivity contribution >= 4 is 14.5 Å². The molecule has 0 rings (SSSR count). The predicted molar refractivity (Wildman–Crippen MR) is 33.4 cm³/mol. The molecule has 0 atom stereocenters. The quantitative estimate of drug-likeness (QED) is 0.441. The van der Waals surface area contributed by atoms with Gasteiger partial charge in [-0.05, 0) is 6.92 Å². The van der Waals surface area contributed by atoms with Gasteiger partial charge in [0.05, 0.1) is 14.2 Å². The first kappa shape index (κ1) is 11.5. The van der Waals surface area contributed by atoms with Crippen LogP contribution in [0.3, 0.4) is 0 Å². The zero-order valence-electron chi connectivity index (χ0n) is 5.66. The molecule has 5 heteroatoms. The second kappa shape index (κ2) is 10.6. The molecule has 0 N–H and O–H groups in total. The number of rotatable bonds is 2. The van der Waals surface area contributed by atoms with Gasteiger partial charge in [0.15, 0.2) is 0 Å². The molecule has 9 heavy (non-hydrogen) atoms. The van der Waals surface area contributed by atoms with Crippen LogP contribution < -0.4 is 0 Å². The summed E-state index contributed by atoms with van der Waals surface area (Å²) >= 11 is 0. The summed E-state index contributed by atoms with van der Waals surface area (Å²) in [4.78, 5) is 8.81. The van der Waals surface area contributed by atoms with Gasteiger partial charge in [0.25, 0.3) is 0 Å². The molecule has 0 heterocycles. The maximum atomic E-state index is 9.88. The number of aldehydes is 1. The highest BCUT2D eigenvalue weighted by Crippen LogP contribution is 2.18. The standard InChI is InChI=1S/C2H6O3P.C2H4O/c1-4-6(3)5-2;1-2-3/h1-2H3;2H,1H3/q+1;. The van der Waals surface area contributed by atoms with Crippen molar-refractivity contribution in [2.24, 2.45) is 0 Å². The van der Waals surface area contributed by atoms with E-state index in [1.807, 2.05) is 0 Å². The normalized spacial score (nSPS) is 7.00. The fourth-order valence-electron chi connectivity index (χ4n) is 0.0745. The lowest BCUT2D eigenvalue weighted by Crippen LogP contribution is -1.66. The molecule has 0 aliphatic heterocycles. The molecule has 54 valence electrons. The monoisotopic (exact) mass is 153 g/mol. The van der Waals surface area contributed by atoms with Crippen LogP contribution in [0.25, 0.3) is 0 Å². The summed E-state index contributed by atoms with van der Waals surface area (Å²) in [6.07, 6.45) is 0.750. The van der Waals surface area contributed by atoms with E-state index in [4.69, 9.17) is 4.79 Å². The molecule has 0 bridgehead atoms. The van der Waals surface area contributed by atoms with E-state index in [9.17, 15) is 4.57 Å². The smallest absolute Gasteiger partial charge is 0.304 e. The molecule has 0 unspecified atom stereocenters. The van der Waals surface area contributed by atoms with Crippen molar-refractivity contribution in [3.05, 3.63) is 0 Å². The molecule has 0 aromatic rings. The molecule has 0 radical (unpaired) electrons. The lowest BCUT2D eigenvalue weighted by Gasteiger charge is -1.66. The Hall–Kier alpha value is -0.310. The van der Waals surface area contributed by atoms with Crippen LogP contribution in [-0.2, 0) is 18.4 Å². The van der Waals surface area contributed by atoms with E-state index in [1.165, 1.54) is 21.1 Å². The van der Waals surface area contributed by atoms with E-state index >= 15 is 0 Å². The number of hydrogen-bond donors (Lipinski definition) is 0. The Labute approximate surface area is 55.1 Å². The summed E-state index contributed by atoms with van der Waals surface area (Å²) in [6.45, 7) is 1.44. The van der Waals surface area contributed by atoms with E-state index in [-0.39, 0.29) is 0 Å². The Bertz CT molecular complexity index is 76.6. The van der Waals surface area contributed by atoms with Gasteiger partial charge in [-0.1, -0.05) is 0 Å². The van der Waals surface area contributed by atoms with E-state index in [0.717, 1.165) is 6.29 Å². The molecule has 0 aromatic heterocycles. The number of carbonyl (C=O) groups excluding carboxylic acids is 1. The molecular weight excluding hydrogens is 143 g/mol. The van der Waals surface area contributed by atoms with Crippen molar-refractivity contribution in [3.63, 3.8) is 0 Å². The van der Waals surface area contributed by atoms with Crippen LogP contribution in [0.5, 0.6) is 0 Å². The zero-order valence-corrected chi connectivity index (χ0v) is 6.55. The third kappa shape index (κ3) is 18.3. The average Bonchev–Trinajstić information content (AvgIpc) is 1.88. The van der Waals surface area contributed by atoms with Gasteiger partial charge in [-0.15, -0.1) is 9.05 Å². The van der Waals surface area contributed by atoms with Crippen LogP contribution in [0.2, 0.25) is 0 Å². The molecule has 0 spiro atoms. The number of carbonyl (C=O) groups is 1. The highest BCUT2D eigenvalue weighted by molar-refractivity contribution is 7.33. The second-order valence-corrected chi connectivity index (χ2v) is 2.00. The van der Waals surface area contributed by atoms with Crippen molar-refractivity contribution in [1.29, 1.82) is 0 Å². The summed E-state index contributed by atoms with van der Waals surface area (Å²) < 4.78 is 18.3. The summed E-state index contributed by atoms with van der Waals surface area (Å²) in [5.41, 5.74) is 0. The first-order valence-electron chi connectivity index (χ1n) is 2.18. The van der Waals surface area contributed by atoms with Crippen LogP contribution in [0.4, 0.5) is 0 Å². The van der Waals surface area contributed by atoms with Crippen molar-refractivity contribution < 1.29 is 18.4 Å². The fourth-order valence-corrected chi connectivity index (χ4v) is 0.224. The van der Waals surface area contributed by atoms with Crippen molar-refractivity contribution in [2.75, 3.05) is 14.2 Å². The lowest BCUT2D eigenvalue weighted by molar-refractivity contribution is -0.106. The van der Waals surface area contributed by atoms with Crippen LogP contribution in [-0.4, -0.2) is 20.5 Å². The van der Waals surface area contributed by atoms with Gasteiger partial charge in [0, 0.05) is 4.57 Å². The largest absolute Gasteiger partial charge is 0.696 e. The summed E-state index contributed by atoms with van der Waals surface area (Å²) in [7, 11) is 0.817. The van der Waals surface area contributed by atoms with Gasteiger partial charge in [0.2, 0.25) is 0 Å². The minimum atomic E-state index is -1.83. The van der Waals surface area contributed by atoms with Crippen LogP contribution in [0, 0.1) is 0 Å². The first-order valence-corrected chi connectivity index (χ1v) is 3.27. The molecule has 0 amide bonds. The van der Waals surface area contributed by atoms with Gasteiger partial charge in [0.1, 0.15) is 6.29 Å². The Kier molecular flexibility index (Phi) is 13.6.